The zero-order chi connectivity index (χ0) is 20.2. The standard InChI is InChI=1S/C21H27FN6O/c22-20-4-2-1-3-16(20)5-6-21(29)27-11-8-19(9-12-27)28-15-18(24-25-28)14-26-10-7-17(23)13-26/h1-6,15,17,19H,7-14,23H2/b6-5+/t17-/m1/s1. The highest BCUT2D eigenvalue weighted by Gasteiger charge is 2.25. The van der Waals surface area contributed by atoms with E-state index >= 15 is 0 Å². The Morgan fingerprint density at radius 3 is 2.72 bits per heavy atom. The van der Waals surface area contributed by atoms with Crippen molar-refractivity contribution in [3.8, 4) is 0 Å². The second-order valence-corrected chi connectivity index (χ2v) is 7.89. The highest BCUT2D eigenvalue weighted by atomic mass is 19.1. The fourth-order valence-corrected chi connectivity index (χ4v) is 4.03. The third-order valence-corrected chi connectivity index (χ3v) is 5.71. The van der Waals surface area contributed by atoms with Gasteiger partial charge in [0.2, 0.25) is 5.91 Å². The predicted octanol–water partition coefficient (Wildman–Crippen LogP) is 1.83. The van der Waals surface area contributed by atoms with Gasteiger partial charge in [-0.3, -0.25) is 9.69 Å². The van der Waals surface area contributed by atoms with Crippen LogP contribution >= 0.6 is 0 Å². The number of carbonyl (C=O) groups is 1. The van der Waals surface area contributed by atoms with Crippen LogP contribution < -0.4 is 5.73 Å². The molecule has 1 aromatic heterocycles. The second kappa shape index (κ2) is 8.84. The molecule has 2 saturated heterocycles. The highest BCUT2D eigenvalue weighted by Crippen LogP contribution is 2.22. The summed E-state index contributed by atoms with van der Waals surface area (Å²) >= 11 is 0. The molecule has 2 aromatic rings. The molecule has 2 aliphatic rings. The molecule has 1 aromatic carbocycles. The van der Waals surface area contributed by atoms with Crippen LogP contribution in [0.4, 0.5) is 4.39 Å². The highest BCUT2D eigenvalue weighted by molar-refractivity contribution is 5.91. The molecule has 2 N–H and O–H groups in total. The number of nitrogens with two attached hydrogens (primary N) is 1. The van der Waals surface area contributed by atoms with Crippen molar-refractivity contribution < 1.29 is 9.18 Å². The zero-order valence-corrected chi connectivity index (χ0v) is 16.5. The Kier molecular flexibility index (Phi) is 6.01. The van der Waals surface area contributed by atoms with Gasteiger partial charge in [0, 0.05) is 50.4 Å². The van der Waals surface area contributed by atoms with E-state index in [1.807, 2.05) is 10.9 Å². The molecule has 154 valence electrons. The van der Waals surface area contributed by atoms with Crippen molar-refractivity contribution in [2.45, 2.75) is 37.9 Å². The van der Waals surface area contributed by atoms with Crippen LogP contribution in [0.5, 0.6) is 0 Å². The van der Waals surface area contributed by atoms with E-state index in [0.717, 1.165) is 44.6 Å². The number of piperidine rings is 1. The van der Waals surface area contributed by atoms with Gasteiger partial charge in [-0.25, -0.2) is 9.07 Å². The Balaban J connectivity index is 1.28. The van der Waals surface area contributed by atoms with E-state index in [0.29, 0.717) is 18.7 Å². The molecule has 0 radical (unpaired) electrons. The van der Waals surface area contributed by atoms with E-state index in [2.05, 4.69) is 15.2 Å². The smallest absolute Gasteiger partial charge is 0.246 e. The molecule has 0 saturated carbocycles. The molecule has 3 heterocycles. The molecule has 1 amide bonds. The molecule has 0 aliphatic carbocycles. The van der Waals surface area contributed by atoms with Crippen LogP contribution in [0.1, 0.15) is 36.6 Å². The van der Waals surface area contributed by atoms with Crippen LogP contribution in [0.25, 0.3) is 6.08 Å². The van der Waals surface area contributed by atoms with E-state index < -0.39 is 0 Å². The summed E-state index contributed by atoms with van der Waals surface area (Å²) < 4.78 is 15.6. The van der Waals surface area contributed by atoms with Gasteiger partial charge in [-0.15, -0.1) is 5.10 Å². The van der Waals surface area contributed by atoms with Gasteiger partial charge in [-0.2, -0.15) is 0 Å². The summed E-state index contributed by atoms with van der Waals surface area (Å²) in [6.07, 6.45) is 7.70. The van der Waals surface area contributed by atoms with Crippen molar-refractivity contribution in [1.82, 2.24) is 24.8 Å². The number of hydrogen-bond donors (Lipinski definition) is 1. The number of hydrogen-bond acceptors (Lipinski definition) is 5. The van der Waals surface area contributed by atoms with Crippen LogP contribution in [-0.4, -0.2) is 62.9 Å². The van der Waals surface area contributed by atoms with Gasteiger partial charge in [0.25, 0.3) is 0 Å². The van der Waals surface area contributed by atoms with Crippen molar-refractivity contribution in [3.63, 3.8) is 0 Å². The summed E-state index contributed by atoms with van der Waals surface area (Å²) in [6.45, 7) is 4.01. The maximum Gasteiger partial charge on any atom is 0.246 e. The monoisotopic (exact) mass is 398 g/mol. The first-order valence-electron chi connectivity index (χ1n) is 10.2. The van der Waals surface area contributed by atoms with E-state index in [9.17, 15) is 9.18 Å². The number of halogens is 1. The van der Waals surface area contributed by atoms with E-state index in [1.165, 1.54) is 18.2 Å². The number of amides is 1. The zero-order valence-electron chi connectivity index (χ0n) is 16.5. The lowest BCUT2D eigenvalue weighted by Gasteiger charge is -2.31. The Hall–Kier alpha value is -2.58. The molecule has 29 heavy (non-hydrogen) atoms. The fraction of sp³-hybridized carbons (Fsp3) is 0.476. The Morgan fingerprint density at radius 1 is 1.21 bits per heavy atom. The van der Waals surface area contributed by atoms with Crippen molar-refractivity contribution >= 4 is 12.0 Å². The average Bonchev–Trinajstić information content (AvgIpc) is 3.36. The topological polar surface area (TPSA) is 80.3 Å². The molecule has 2 aliphatic heterocycles. The number of aromatic nitrogens is 3. The molecule has 0 unspecified atom stereocenters. The normalized spacial score (nSPS) is 21.3. The minimum Gasteiger partial charge on any atom is -0.339 e. The molecule has 4 rings (SSSR count). The van der Waals surface area contributed by atoms with Gasteiger partial charge in [-0.1, -0.05) is 23.4 Å². The Bertz CT molecular complexity index is 874. The van der Waals surface area contributed by atoms with Gasteiger partial charge in [0.15, 0.2) is 0 Å². The van der Waals surface area contributed by atoms with Gasteiger partial charge >= 0.3 is 0 Å². The lowest BCUT2D eigenvalue weighted by molar-refractivity contribution is -0.127. The largest absolute Gasteiger partial charge is 0.339 e. The molecule has 0 spiro atoms. The number of carbonyl (C=O) groups excluding carboxylic acids is 1. The number of rotatable bonds is 5. The maximum atomic E-state index is 13.7. The van der Waals surface area contributed by atoms with Gasteiger partial charge < -0.3 is 10.6 Å². The van der Waals surface area contributed by atoms with E-state index in [4.69, 9.17) is 5.73 Å². The Labute approximate surface area is 170 Å². The lowest BCUT2D eigenvalue weighted by Crippen LogP contribution is -2.38. The molecule has 1 atom stereocenters. The van der Waals surface area contributed by atoms with Crippen LogP contribution in [-0.2, 0) is 11.3 Å². The summed E-state index contributed by atoms with van der Waals surface area (Å²) in [5, 5.41) is 8.61. The first-order chi connectivity index (χ1) is 14.1. The summed E-state index contributed by atoms with van der Waals surface area (Å²) in [6, 6.07) is 6.94. The minimum absolute atomic E-state index is 0.0867. The Morgan fingerprint density at radius 2 is 2.00 bits per heavy atom. The minimum atomic E-state index is -0.326. The molecular formula is C21H27FN6O. The number of nitrogens with zero attached hydrogens (tertiary/aromatic N) is 5. The van der Waals surface area contributed by atoms with Crippen molar-refractivity contribution in [3.05, 3.63) is 53.6 Å². The molecule has 2 fully saturated rings. The van der Waals surface area contributed by atoms with Crippen molar-refractivity contribution in [2.75, 3.05) is 26.2 Å². The molecule has 8 heteroatoms. The number of benzene rings is 1. The first kappa shape index (κ1) is 19.7. The van der Waals surface area contributed by atoms with Crippen LogP contribution in [0.2, 0.25) is 0 Å². The van der Waals surface area contributed by atoms with Gasteiger partial charge in [0.05, 0.1) is 17.9 Å². The van der Waals surface area contributed by atoms with E-state index in [-0.39, 0.29) is 23.8 Å². The third-order valence-electron chi connectivity index (χ3n) is 5.71. The van der Waals surface area contributed by atoms with Gasteiger partial charge in [0.1, 0.15) is 5.82 Å². The molecular weight excluding hydrogens is 371 g/mol. The maximum absolute atomic E-state index is 13.7. The van der Waals surface area contributed by atoms with Crippen LogP contribution in [0.3, 0.4) is 0 Å². The van der Waals surface area contributed by atoms with E-state index in [1.54, 1.807) is 23.1 Å². The van der Waals surface area contributed by atoms with Crippen LogP contribution in [0, 0.1) is 5.82 Å². The fourth-order valence-electron chi connectivity index (χ4n) is 4.03. The van der Waals surface area contributed by atoms with Gasteiger partial charge in [-0.05, 0) is 31.4 Å². The summed E-state index contributed by atoms with van der Waals surface area (Å²) in [5.41, 5.74) is 7.35. The van der Waals surface area contributed by atoms with Crippen molar-refractivity contribution in [2.24, 2.45) is 5.73 Å². The summed E-state index contributed by atoms with van der Waals surface area (Å²) in [5.74, 6) is -0.412. The summed E-state index contributed by atoms with van der Waals surface area (Å²) in [4.78, 5) is 16.5. The molecule has 7 nitrogen and oxygen atoms in total. The molecule has 0 bridgehead atoms. The summed E-state index contributed by atoms with van der Waals surface area (Å²) in [7, 11) is 0. The van der Waals surface area contributed by atoms with Crippen LogP contribution in [0.15, 0.2) is 36.5 Å². The first-order valence-corrected chi connectivity index (χ1v) is 10.2. The lowest BCUT2D eigenvalue weighted by atomic mass is 10.1. The van der Waals surface area contributed by atoms with Crippen molar-refractivity contribution in [1.29, 1.82) is 0 Å². The number of likely N-dealkylation sites (tertiary alicyclic amines) is 2. The average molecular weight is 398 g/mol. The SMILES string of the molecule is N[C@@H]1CCN(Cc2cn(C3CCN(C(=O)/C=C/c4ccccc4F)CC3)nn2)C1. The quantitative estimate of drug-likeness (QED) is 0.778. The predicted molar refractivity (Wildman–Crippen MR) is 108 cm³/mol. The second-order valence-electron chi connectivity index (χ2n) is 7.89. The third kappa shape index (κ3) is 4.89.